The number of benzene rings is 1. The molecule has 1 aromatic carbocycles. The molecule has 19 heavy (non-hydrogen) atoms. The largest absolute Gasteiger partial charge is 0.282 e. The average molecular weight is 252 g/mol. The van der Waals surface area contributed by atoms with E-state index in [9.17, 15) is 0 Å². The Morgan fingerprint density at radius 1 is 0.947 bits per heavy atom. The van der Waals surface area contributed by atoms with E-state index in [1.54, 1.807) is 0 Å². The number of allylic oxidation sites excluding steroid dienone is 4. The van der Waals surface area contributed by atoms with Crippen LogP contribution >= 0.6 is 0 Å². The van der Waals surface area contributed by atoms with Gasteiger partial charge in [0.15, 0.2) is 0 Å². The summed E-state index contributed by atoms with van der Waals surface area (Å²) >= 11 is 0. The SMILES string of the molecule is CCCC(C)N=C1C=CC(=Nc2ccccc2)C=C1. The molecule has 0 amide bonds. The lowest BCUT2D eigenvalue weighted by atomic mass is 10.1. The van der Waals surface area contributed by atoms with Crippen LogP contribution < -0.4 is 0 Å². The second-order valence-corrected chi connectivity index (χ2v) is 4.73. The minimum atomic E-state index is 0.391. The van der Waals surface area contributed by atoms with Gasteiger partial charge < -0.3 is 0 Å². The van der Waals surface area contributed by atoms with Gasteiger partial charge in [-0.15, -0.1) is 0 Å². The molecule has 1 aliphatic rings. The standard InChI is InChI=1S/C17H20N2/c1-3-7-14(2)18-16-10-12-17(13-11-16)19-15-8-5-4-6-9-15/h4-6,8-14H,3,7H2,1-2H3. The van der Waals surface area contributed by atoms with Gasteiger partial charge >= 0.3 is 0 Å². The molecule has 0 aromatic heterocycles. The number of hydrogen-bond acceptors (Lipinski definition) is 2. The van der Waals surface area contributed by atoms with Crippen molar-refractivity contribution in [3.8, 4) is 0 Å². The molecule has 2 nitrogen and oxygen atoms in total. The van der Waals surface area contributed by atoms with Gasteiger partial charge in [-0.1, -0.05) is 31.5 Å². The maximum Gasteiger partial charge on any atom is 0.0638 e. The van der Waals surface area contributed by atoms with E-state index in [1.807, 2.05) is 54.6 Å². The number of para-hydroxylation sites is 1. The molecule has 0 N–H and O–H groups in total. The first kappa shape index (κ1) is 13.5. The van der Waals surface area contributed by atoms with Gasteiger partial charge in [0.2, 0.25) is 0 Å². The maximum absolute atomic E-state index is 4.66. The highest BCUT2D eigenvalue weighted by Gasteiger charge is 2.02. The summed E-state index contributed by atoms with van der Waals surface area (Å²) < 4.78 is 0. The normalized spacial score (nSPS) is 15.5. The third-order valence-electron chi connectivity index (χ3n) is 2.94. The highest BCUT2D eigenvalue weighted by molar-refractivity contribution is 6.19. The highest BCUT2D eigenvalue weighted by atomic mass is 14.8. The Morgan fingerprint density at radius 2 is 1.58 bits per heavy atom. The van der Waals surface area contributed by atoms with E-state index < -0.39 is 0 Å². The van der Waals surface area contributed by atoms with Crippen molar-refractivity contribution in [3.63, 3.8) is 0 Å². The fourth-order valence-electron chi connectivity index (χ4n) is 2.00. The Labute approximate surface area is 115 Å². The zero-order valence-electron chi connectivity index (χ0n) is 11.6. The Balaban J connectivity index is 2.05. The first-order valence-corrected chi connectivity index (χ1v) is 6.85. The van der Waals surface area contributed by atoms with Crippen LogP contribution in [-0.2, 0) is 0 Å². The van der Waals surface area contributed by atoms with Crippen LogP contribution in [0.3, 0.4) is 0 Å². The molecule has 0 aliphatic heterocycles. The molecule has 0 saturated carbocycles. The first-order valence-electron chi connectivity index (χ1n) is 6.85. The van der Waals surface area contributed by atoms with Gasteiger partial charge in [0, 0.05) is 6.04 Å². The molecule has 1 aliphatic carbocycles. The molecular weight excluding hydrogens is 232 g/mol. The van der Waals surface area contributed by atoms with Crippen molar-refractivity contribution >= 4 is 17.1 Å². The molecule has 0 radical (unpaired) electrons. The predicted molar refractivity (Wildman–Crippen MR) is 83.6 cm³/mol. The van der Waals surface area contributed by atoms with E-state index >= 15 is 0 Å². The zero-order valence-corrected chi connectivity index (χ0v) is 11.6. The lowest BCUT2D eigenvalue weighted by molar-refractivity contribution is 0.656. The minimum absolute atomic E-state index is 0.391. The van der Waals surface area contributed by atoms with Crippen molar-refractivity contribution in [2.45, 2.75) is 32.7 Å². The van der Waals surface area contributed by atoms with E-state index in [2.05, 4.69) is 23.8 Å². The zero-order chi connectivity index (χ0) is 13.5. The van der Waals surface area contributed by atoms with Crippen LogP contribution in [0.2, 0.25) is 0 Å². The minimum Gasteiger partial charge on any atom is -0.282 e. The molecule has 2 heteroatoms. The molecule has 98 valence electrons. The van der Waals surface area contributed by atoms with Gasteiger partial charge in [0.05, 0.1) is 17.1 Å². The van der Waals surface area contributed by atoms with Crippen LogP contribution in [0.1, 0.15) is 26.7 Å². The molecule has 0 saturated heterocycles. The number of hydrogen-bond donors (Lipinski definition) is 0. The fraction of sp³-hybridized carbons (Fsp3) is 0.294. The van der Waals surface area contributed by atoms with E-state index in [-0.39, 0.29) is 0 Å². The summed E-state index contributed by atoms with van der Waals surface area (Å²) in [5.74, 6) is 0. The molecule has 1 atom stereocenters. The molecule has 0 spiro atoms. The monoisotopic (exact) mass is 252 g/mol. The first-order chi connectivity index (χ1) is 9.28. The summed E-state index contributed by atoms with van der Waals surface area (Å²) in [6, 6.07) is 10.4. The average Bonchev–Trinajstić information content (AvgIpc) is 2.42. The molecule has 0 fully saturated rings. The van der Waals surface area contributed by atoms with E-state index in [4.69, 9.17) is 0 Å². The van der Waals surface area contributed by atoms with Gasteiger partial charge in [-0.2, -0.15) is 0 Å². The van der Waals surface area contributed by atoms with E-state index in [0.717, 1.165) is 23.5 Å². The van der Waals surface area contributed by atoms with Crippen LogP contribution in [0.4, 0.5) is 5.69 Å². The van der Waals surface area contributed by atoms with Crippen LogP contribution in [0, 0.1) is 0 Å². The lowest BCUT2D eigenvalue weighted by Crippen LogP contribution is -2.05. The summed E-state index contributed by atoms with van der Waals surface area (Å²) in [7, 11) is 0. The van der Waals surface area contributed by atoms with Crippen molar-refractivity contribution in [3.05, 3.63) is 54.6 Å². The molecule has 1 aromatic rings. The quantitative estimate of drug-likeness (QED) is 0.704. The smallest absolute Gasteiger partial charge is 0.0638 e. The van der Waals surface area contributed by atoms with Crippen molar-refractivity contribution in [2.75, 3.05) is 0 Å². The lowest BCUT2D eigenvalue weighted by Gasteiger charge is -2.07. The van der Waals surface area contributed by atoms with Gasteiger partial charge in [-0.25, -0.2) is 4.99 Å². The van der Waals surface area contributed by atoms with Crippen molar-refractivity contribution in [1.29, 1.82) is 0 Å². The Hall–Kier alpha value is -1.96. The summed E-state index contributed by atoms with van der Waals surface area (Å²) in [6.45, 7) is 4.35. The van der Waals surface area contributed by atoms with Gasteiger partial charge in [-0.3, -0.25) is 4.99 Å². The molecule has 0 bridgehead atoms. The Morgan fingerprint density at radius 3 is 2.21 bits per heavy atom. The van der Waals surface area contributed by atoms with Crippen molar-refractivity contribution in [2.24, 2.45) is 9.98 Å². The second kappa shape index (κ2) is 6.83. The predicted octanol–water partition coefficient (Wildman–Crippen LogP) is 4.51. The maximum atomic E-state index is 4.66. The number of rotatable bonds is 4. The highest BCUT2D eigenvalue weighted by Crippen LogP contribution is 2.12. The molecular formula is C17H20N2. The third kappa shape index (κ3) is 4.32. The summed E-state index contributed by atoms with van der Waals surface area (Å²) in [5.41, 5.74) is 2.98. The van der Waals surface area contributed by atoms with Crippen LogP contribution in [0.5, 0.6) is 0 Å². The van der Waals surface area contributed by atoms with Crippen molar-refractivity contribution < 1.29 is 0 Å². The van der Waals surface area contributed by atoms with Crippen LogP contribution in [0.25, 0.3) is 0 Å². The summed E-state index contributed by atoms with van der Waals surface area (Å²) in [6.07, 6.45) is 10.4. The summed E-state index contributed by atoms with van der Waals surface area (Å²) in [5, 5.41) is 0. The fourth-order valence-corrected chi connectivity index (χ4v) is 2.00. The second-order valence-electron chi connectivity index (χ2n) is 4.73. The molecule has 2 rings (SSSR count). The third-order valence-corrected chi connectivity index (χ3v) is 2.94. The Bertz CT molecular complexity index is 503. The van der Waals surface area contributed by atoms with E-state index in [1.165, 1.54) is 6.42 Å². The van der Waals surface area contributed by atoms with Crippen LogP contribution in [0.15, 0.2) is 64.6 Å². The number of aliphatic imine (C=N–C) groups is 2. The van der Waals surface area contributed by atoms with Crippen LogP contribution in [-0.4, -0.2) is 17.5 Å². The van der Waals surface area contributed by atoms with Gasteiger partial charge in [0.25, 0.3) is 0 Å². The van der Waals surface area contributed by atoms with Gasteiger partial charge in [-0.05, 0) is 49.8 Å². The Kier molecular flexibility index (Phi) is 4.85. The summed E-state index contributed by atoms with van der Waals surface area (Å²) in [4.78, 5) is 9.21. The van der Waals surface area contributed by atoms with Crippen molar-refractivity contribution in [1.82, 2.24) is 0 Å². The number of nitrogens with zero attached hydrogens (tertiary/aromatic N) is 2. The van der Waals surface area contributed by atoms with E-state index in [0.29, 0.717) is 6.04 Å². The van der Waals surface area contributed by atoms with Gasteiger partial charge in [0.1, 0.15) is 0 Å². The topological polar surface area (TPSA) is 24.7 Å². The molecule has 0 heterocycles. The molecule has 1 unspecified atom stereocenters.